The summed E-state index contributed by atoms with van der Waals surface area (Å²) in [6.07, 6.45) is 2.29. The number of carbonyl (C=O) groups excluding carboxylic acids is 1. The second kappa shape index (κ2) is 9.50. The summed E-state index contributed by atoms with van der Waals surface area (Å²) < 4.78 is 18.9. The minimum atomic E-state index is -0.337. The molecule has 2 N–H and O–H groups in total. The van der Waals surface area contributed by atoms with E-state index in [2.05, 4.69) is 15.6 Å². The summed E-state index contributed by atoms with van der Waals surface area (Å²) in [6, 6.07) is 17.7. The van der Waals surface area contributed by atoms with E-state index in [0.29, 0.717) is 23.5 Å². The van der Waals surface area contributed by atoms with Crippen molar-refractivity contribution in [2.75, 3.05) is 19.0 Å². The van der Waals surface area contributed by atoms with Gasteiger partial charge < -0.3 is 15.4 Å². The maximum Gasteiger partial charge on any atom is 0.253 e. The highest BCUT2D eigenvalue weighted by atomic mass is 19.1. The zero-order valence-electron chi connectivity index (χ0n) is 15.6. The van der Waals surface area contributed by atoms with Crippen LogP contribution in [-0.2, 0) is 13.0 Å². The number of ether oxygens (including phenoxy) is 1. The van der Waals surface area contributed by atoms with Crippen molar-refractivity contribution in [3.8, 4) is 5.75 Å². The number of methoxy groups -OCH3 is 1. The van der Waals surface area contributed by atoms with Crippen molar-refractivity contribution < 1.29 is 13.9 Å². The molecule has 1 aromatic heterocycles. The first-order valence-electron chi connectivity index (χ1n) is 9.01. The van der Waals surface area contributed by atoms with Gasteiger partial charge in [-0.05, 0) is 36.2 Å². The summed E-state index contributed by atoms with van der Waals surface area (Å²) >= 11 is 0. The quantitative estimate of drug-likeness (QED) is 0.625. The molecule has 0 spiro atoms. The Bertz CT molecular complexity index is 929. The van der Waals surface area contributed by atoms with Crippen LogP contribution >= 0.6 is 0 Å². The lowest BCUT2D eigenvalue weighted by Gasteiger charge is -2.10. The summed E-state index contributed by atoms with van der Waals surface area (Å²) in [5.74, 6) is 0.909. The van der Waals surface area contributed by atoms with Crippen LogP contribution in [0.4, 0.5) is 10.2 Å². The Hall–Kier alpha value is -3.41. The Kier molecular flexibility index (Phi) is 6.57. The van der Waals surface area contributed by atoms with Gasteiger partial charge in [-0.25, -0.2) is 9.37 Å². The molecule has 0 atom stereocenters. The highest BCUT2D eigenvalue weighted by Gasteiger charge is 2.08. The minimum absolute atomic E-state index is 0.129. The maximum absolute atomic E-state index is 13.6. The van der Waals surface area contributed by atoms with Gasteiger partial charge in [0.1, 0.15) is 17.4 Å². The standard InChI is InChI=1S/C22H22FN3O2/c1-28-20-9-5-3-6-16(20)12-13-24-21-11-10-18(15-25-21)22(27)26-14-17-7-2-4-8-19(17)23/h2-11,15H,12-14H2,1H3,(H,24,25)(H,26,27). The van der Waals surface area contributed by atoms with Crippen LogP contribution in [0.5, 0.6) is 5.75 Å². The van der Waals surface area contributed by atoms with Crippen molar-refractivity contribution in [1.82, 2.24) is 10.3 Å². The van der Waals surface area contributed by atoms with Crippen LogP contribution in [0.3, 0.4) is 0 Å². The molecule has 5 nitrogen and oxygen atoms in total. The monoisotopic (exact) mass is 379 g/mol. The van der Waals surface area contributed by atoms with Crippen molar-refractivity contribution in [3.63, 3.8) is 0 Å². The molecule has 0 unspecified atom stereocenters. The largest absolute Gasteiger partial charge is 0.496 e. The summed E-state index contributed by atoms with van der Waals surface area (Å²) in [7, 11) is 1.66. The van der Waals surface area contributed by atoms with Gasteiger partial charge in [0.25, 0.3) is 5.91 Å². The molecule has 1 heterocycles. The highest BCUT2D eigenvalue weighted by Crippen LogP contribution is 2.17. The van der Waals surface area contributed by atoms with E-state index in [0.717, 1.165) is 17.7 Å². The van der Waals surface area contributed by atoms with E-state index < -0.39 is 0 Å². The number of nitrogens with one attached hydrogen (secondary N) is 2. The van der Waals surface area contributed by atoms with Crippen LogP contribution in [0.2, 0.25) is 0 Å². The Morgan fingerprint density at radius 1 is 1.04 bits per heavy atom. The number of anilines is 1. The van der Waals surface area contributed by atoms with Crippen LogP contribution in [-0.4, -0.2) is 24.5 Å². The zero-order valence-corrected chi connectivity index (χ0v) is 15.6. The van der Waals surface area contributed by atoms with E-state index >= 15 is 0 Å². The molecular formula is C22H22FN3O2. The van der Waals surface area contributed by atoms with Crippen LogP contribution in [0, 0.1) is 5.82 Å². The number of hydrogen-bond donors (Lipinski definition) is 2. The molecule has 2 aromatic carbocycles. The lowest BCUT2D eigenvalue weighted by Crippen LogP contribution is -2.23. The molecule has 0 aliphatic heterocycles. The molecule has 0 aliphatic rings. The molecular weight excluding hydrogens is 357 g/mol. The normalized spacial score (nSPS) is 10.4. The fraction of sp³-hybridized carbons (Fsp3) is 0.182. The molecule has 6 heteroatoms. The zero-order chi connectivity index (χ0) is 19.8. The topological polar surface area (TPSA) is 63.2 Å². The third kappa shape index (κ3) is 5.07. The lowest BCUT2D eigenvalue weighted by atomic mass is 10.1. The molecule has 0 aliphatic carbocycles. The number of para-hydroxylation sites is 1. The van der Waals surface area contributed by atoms with Gasteiger partial charge in [-0.3, -0.25) is 4.79 Å². The van der Waals surface area contributed by atoms with Crippen LogP contribution < -0.4 is 15.4 Å². The van der Waals surface area contributed by atoms with Gasteiger partial charge in [0, 0.05) is 24.8 Å². The molecule has 0 saturated heterocycles. The summed E-state index contributed by atoms with van der Waals surface area (Å²) in [5.41, 5.74) is 1.98. The molecule has 0 bridgehead atoms. The van der Waals surface area contributed by atoms with E-state index in [1.807, 2.05) is 24.3 Å². The Morgan fingerprint density at radius 2 is 1.79 bits per heavy atom. The molecule has 28 heavy (non-hydrogen) atoms. The molecule has 144 valence electrons. The van der Waals surface area contributed by atoms with Crippen molar-refractivity contribution in [1.29, 1.82) is 0 Å². The number of pyridine rings is 1. The number of nitrogens with zero attached hydrogens (tertiary/aromatic N) is 1. The van der Waals surface area contributed by atoms with E-state index in [4.69, 9.17) is 4.74 Å². The summed E-state index contributed by atoms with van der Waals surface area (Å²) in [5, 5.41) is 5.93. The second-order valence-corrected chi connectivity index (χ2v) is 6.19. The molecule has 0 saturated carbocycles. The molecule has 3 aromatic rings. The molecule has 3 rings (SSSR count). The van der Waals surface area contributed by atoms with Crippen molar-refractivity contribution >= 4 is 11.7 Å². The van der Waals surface area contributed by atoms with E-state index in [9.17, 15) is 9.18 Å². The lowest BCUT2D eigenvalue weighted by molar-refractivity contribution is 0.0950. The van der Waals surface area contributed by atoms with Gasteiger partial charge in [-0.1, -0.05) is 36.4 Å². The maximum atomic E-state index is 13.6. The number of aromatic nitrogens is 1. The first-order chi connectivity index (χ1) is 13.7. The van der Waals surface area contributed by atoms with Gasteiger partial charge in [0.05, 0.1) is 12.7 Å². The average molecular weight is 379 g/mol. The van der Waals surface area contributed by atoms with Crippen molar-refractivity contribution in [3.05, 3.63) is 89.4 Å². The average Bonchev–Trinajstić information content (AvgIpc) is 2.74. The highest BCUT2D eigenvalue weighted by molar-refractivity contribution is 5.94. The van der Waals surface area contributed by atoms with E-state index in [-0.39, 0.29) is 18.3 Å². The molecule has 0 radical (unpaired) electrons. The first-order valence-corrected chi connectivity index (χ1v) is 9.01. The van der Waals surface area contributed by atoms with Crippen LogP contribution in [0.1, 0.15) is 21.5 Å². The first kappa shape index (κ1) is 19.4. The third-order valence-corrected chi connectivity index (χ3v) is 4.32. The summed E-state index contributed by atoms with van der Waals surface area (Å²) in [4.78, 5) is 16.5. The Balaban J connectivity index is 1.50. The summed E-state index contributed by atoms with van der Waals surface area (Å²) in [6.45, 7) is 0.816. The van der Waals surface area contributed by atoms with Crippen LogP contribution in [0.25, 0.3) is 0 Å². The number of rotatable bonds is 8. The number of hydrogen-bond acceptors (Lipinski definition) is 4. The third-order valence-electron chi connectivity index (χ3n) is 4.32. The fourth-order valence-electron chi connectivity index (χ4n) is 2.79. The van der Waals surface area contributed by atoms with Crippen molar-refractivity contribution in [2.24, 2.45) is 0 Å². The van der Waals surface area contributed by atoms with Gasteiger partial charge in [0.2, 0.25) is 0 Å². The van der Waals surface area contributed by atoms with E-state index in [1.54, 1.807) is 37.4 Å². The SMILES string of the molecule is COc1ccccc1CCNc1ccc(C(=O)NCc2ccccc2F)cn1. The molecule has 0 fully saturated rings. The fourth-order valence-corrected chi connectivity index (χ4v) is 2.79. The number of amides is 1. The Morgan fingerprint density at radius 3 is 2.50 bits per heavy atom. The van der Waals surface area contributed by atoms with Gasteiger partial charge in [-0.15, -0.1) is 0 Å². The Labute approximate surface area is 163 Å². The number of carbonyl (C=O) groups is 1. The van der Waals surface area contributed by atoms with Crippen molar-refractivity contribution in [2.45, 2.75) is 13.0 Å². The predicted octanol–water partition coefficient (Wildman–Crippen LogP) is 3.81. The number of halogens is 1. The van der Waals surface area contributed by atoms with Gasteiger partial charge in [0.15, 0.2) is 0 Å². The second-order valence-electron chi connectivity index (χ2n) is 6.19. The minimum Gasteiger partial charge on any atom is -0.496 e. The smallest absolute Gasteiger partial charge is 0.253 e. The molecule has 1 amide bonds. The predicted molar refractivity (Wildman–Crippen MR) is 107 cm³/mol. The van der Waals surface area contributed by atoms with Crippen LogP contribution in [0.15, 0.2) is 66.9 Å². The van der Waals surface area contributed by atoms with Gasteiger partial charge in [-0.2, -0.15) is 0 Å². The van der Waals surface area contributed by atoms with Gasteiger partial charge >= 0.3 is 0 Å². The number of benzene rings is 2. The van der Waals surface area contributed by atoms with E-state index in [1.165, 1.54) is 12.3 Å².